The van der Waals surface area contributed by atoms with Crippen molar-refractivity contribution in [2.24, 2.45) is 0 Å². The Bertz CT molecular complexity index is 875. The molecule has 1 heterocycles. The highest BCUT2D eigenvalue weighted by atomic mass is 32.2. The van der Waals surface area contributed by atoms with Crippen LogP contribution in [0.3, 0.4) is 0 Å². The molecule has 0 aromatic heterocycles. The number of fused-ring (bicyclic) bond motifs is 1. The molecule has 1 aromatic rings. The number of carbonyl (C=O) groups excluding carboxylic acids is 4. The van der Waals surface area contributed by atoms with Gasteiger partial charge in [0.1, 0.15) is 15.9 Å². The van der Waals surface area contributed by atoms with Crippen LogP contribution in [0.5, 0.6) is 0 Å². The Morgan fingerprint density at radius 3 is 2.14 bits per heavy atom. The number of hydrogen-bond acceptors (Lipinski definition) is 7. The number of esters is 1. The van der Waals surface area contributed by atoms with Crippen LogP contribution in [0.25, 0.3) is 0 Å². The van der Waals surface area contributed by atoms with Gasteiger partial charge in [0.25, 0.3) is 17.7 Å². The Labute approximate surface area is 162 Å². The number of rotatable bonds is 8. The van der Waals surface area contributed by atoms with E-state index in [0.717, 1.165) is 6.26 Å². The highest BCUT2D eigenvalue weighted by Gasteiger charge is 2.44. The number of hydrogen-bond donors (Lipinski definition) is 1. The predicted molar refractivity (Wildman–Crippen MR) is 99.3 cm³/mol. The van der Waals surface area contributed by atoms with E-state index in [2.05, 4.69) is 5.32 Å². The first-order valence-corrected chi connectivity index (χ1v) is 10.8. The number of amides is 3. The van der Waals surface area contributed by atoms with Gasteiger partial charge in [-0.15, -0.1) is 0 Å². The van der Waals surface area contributed by atoms with E-state index in [1.165, 1.54) is 19.1 Å². The summed E-state index contributed by atoms with van der Waals surface area (Å²) in [7, 11) is -3.47. The summed E-state index contributed by atoms with van der Waals surface area (Å²) in [6, 6.07) is 4.60. The Morgan fingerprint density at radius 2 is 1.68 bits per heavy atom. The van der Waals surface area contributed by atoms with Gasteiger partial charge < -0.3 is 10.1 Å². The van der Waals surface area contributed by atoms with Crippen molar-refractivity contribution in [2.45, 2.75) is 32.4 Å². The van der Waals surface area contributed by atoms with Gasteiger partial charge in [-0.1, -0.05) is 12.1 Å². The predicted octanol–water partition coefficient (Wildman–Crippen LogP) is 0.154. The summed E-state index contributed by atoms with van der Waals surface area (Å²) in [5.41, 5.74) is 0.253. The molecule has 2 rings (SSSR count). The molecule has 3 amide bonds. The fraction of sp³-hybridized carbons (Fsp3) is 0.444. The normalized spacial score (nSPS) is 15.8. The molecule has 0 aliphatic carbocycles. The highest BCUT2D eigenvalue weighted by molar-refractivity contribution is 7.90. The molecule has 0 unspecified atom stereocenters. The fourth-order valence-electron chi connectivity index (χ4n) is 2.79. The lowest BCUT2D eigenvalue weighted by atomic mass is 10.1. The molecular formula is C18H22N2O7S. The number of sulfone groups is 1. The molecule has 9 nitrogen and oxygen atoms in total. The van der Waals surface area contributed by atoms with Crippen LogP contribution in [0, 0.1) is 0 Å². The Balaban J connectivity index is 2.30. The molecule has 0 saturated carbocycles. The van der Waals surface area contributed by atoms with Crippen LogP contribution in [0.2, 0.25) is 0 Å². The van der Waals surface area contributed by atoms with E-state index in [9.17, 15) is 27.6 Å². The Morgan fingerprint density at radius 1 is 1.14 bits per heavy atom. The van der Waals surface area contributed by atoms with E-state index in [4.69, 9.17) is 4.74 Å². The van der Waals surface area contributed by atoms with Gasteiger partial charge in [-0.2, -0.15) is 0 Å². The van der Waals surface area contributed by atoms with Gasteiger partial charge in [-0.25, -0.2) is 13.2 Å². The van der Waals surface area contributed by atoms with E-state index >= 15 is 0 Å². The number of nitrogens with one attached hydrogen (secondary N) is 1. The number of imide groups is 1. The molecule has 1 aliphatic rings. The van der Waals surface area contributed by atoms with Crippen molar-refractivity contribution in [1.82, 2.24) is 10.2 Å². The largest absolute Gasteiger partial charge is 0.451 e. The second kappa shape index (κ2) is 8.51. The summed E-state index contributed by atoms with van der Waals surface area (Å²) in [4.78, 5) is 50.5. The summed E-state index contributed by atoms with van der Waals surface area (Å²) in [5.74, 6) is -3.41. The van der Waals surface area contributed by atoms with Gasteiger partial charge in [0.15, 0.2) is 6.10 Å². The number of benzene rings is 1. The van der Waals surface area contributed by atoms with Crippen molar-refractivity contribution < 1.29 is 32.3 Å². The first-order chi connectivity index (χ1) is 13.1. The molecular weight excluding hydrogens is 388 g/mol. The minimum atomic E-state index is -3.47. The van der Waals surface area contributed by atoms with Crippen LogP contribution in [0.15, 0.2) is 24.3 Å². The van der Waals surface area contributed by atoms with Crippen molar-refractivity contribution in [3.05, 3.63) is 35.4 Å². The number of ether oxygens (including phenoxy) is 1. The zero-order valence-corrected chi connectivity index (χ0v) is 16.6. The third kappa shape index (κ3) is 4.75. The van der Waals surface area contributed by atoms with Gasteiger partial charge in [0.05, 0.1) is 16.9 Å². The summed E-state index contributed by atoms with van der Waals surface area (Å²) in [6.07, 6.45) is -0.510. The number of carbonyl (C=O) groups is 4. The van der Waals surface area contributed by atoms with E-state index in [1.54, 1.807) is 19.1 Å². The maximum atomic E-state index is 12.7. The van der Waals surface area contributed by atoms with Crippen LogP contribution in [-0.4, -0.2) is 67.7 Å². The third-order valence-corrected chi connectivity index (χ3v) is 5.16. The van der Waals surface area contributed by atoms with Crippen LogP contribution in [0.4, 0.5) is 0 Å². The summed E-state index contributed by atoms with van der Waals surface area (Å²) < 4.78 is 28.2. The van der Waals surface area contributed by atoms with Gasteiger partial charge in [0.2, 0.25) is 0 Å². The maximum Gasteiger partial charge on any atom is 0.330 e. The van der Waals surface area contributed by atoms with Crippen molar-refractivity contribution in [3.63, 3.8) is 0 Å². The average molecular weight is 410 g/mol. The van der Waals surface area contributed by atoms with Gasteiger partial charge >= 0.3 is 5.97 Å². The topological polar surface area (TPSA) is 127 Å². The summed E-state index contributed by atoms with van der Waals surface area (Å²) in [6.45, 7) is 3.37. The van der Waals surface area contributed by atoms with Crippen molar-refractivity contribution in [3.8, 4) is 0 Å². The minimum Gasteiger partial charge on any atom is -0.451 e. The SMILES string of the molecule is CCNC(=O)[C@@H](C)OC(=O)[C@@H](CCS(C)(=O)=O)N1C(=O)c2ccccc2C1=O. The maximum absolute atomic E-state index is 12.7. The average Bonchev–Trinajstić information content (AvgIpc) is 2.86. The summed E-state index contributed by atoms with van der Waals surface area (Å²) in [5, 5.41) is 2.49. The molecule has 0 saturated heterocycles. The monoisotopic (exact) mass is 410 g/mol. The molecule has 28 heavy (non-hydrogen) atoms. The van der Waals surface area contributed by atoms with E-state index in [0.29, 0.717) is 11.4 Å². The standard InChI is InChI=1S/C18H22N2O7S/c1-4-19-15(21)11(2)27-18(24)14(9-10-28(3,25)26)20-16(22)12-7-5-6-8-13(12)17(20)23/h5-8,11,14H,4,9-10H2,1-3H3,(H,19,21)/t11-,14-/m1/s1. The quantitative estimate of drug-likeness (QED) is 0.477. The van der Waals surface area contributed by atoms with Gasteiger partial charge in [0, 0.05) is 12.8 Å². The van der Waals surface area contributed by atoms with Gasteiger partial charge in [-0.3, -0.25) is 19.3 Å². The zero-order chi connectivity index (χ0) is 21.1. The fourth-order valence-corrected chi connectivity index (χ4v) is 3.44. The molecule has 1 aliphatic heterocycles. The molecule has 0 spiro atoms. The smallest absolute Gasteiger partial charge is 0.330 e. The lowest BCUT2D eigenvalue weighted by molar-refractivity contribution is -0.158. The number of likely N-dealkylation sites (N-methyl/N-ethyl adjacent to an activating group) is 1. The minimum absolute atomic E-state index is 0.126. The number of nitrogens with zero attached hydrogens (tertiary/aromatic N) is 1. The van der Waals surface area contributed by atoms with Crippen LogP contribution < -0.4 is 5.32 Å². The van der Waals surface area contributed by atoms with Crippen LogP contribution in [0.1, 0.15) is 41.0 Å². The van der Waals surface area contributed by atoms with E-state index in [-0.39, 0.29) is 17.5 Å². The molecule has 1 aromatic carbocycles. The molecule has 1 N–H and O–H groups in total. The second-order valence-corrected chi connectivity index (χ2v) is 8.69. The molecule has 10 heteroatoms. The van der Waals surface area contributed by atoms with Crippen LogP contribution in [-0.2, 0) is 24.2 Å². The molecule has 0 radical (unpaired) electrons. The van der Waals surface area contributed by atoms with Gasteiger partial charge in [-0.05, 0) is 32.4 Å². The second-order valence-electron chi connectivity index (χ2n) is 6.43. The highest BCUT2D eigenvalue weighted by Crippen LogP contribution is 2.26. The first kappa shape index (κ1) is 21.5. The van der Waals surface area contributed by atoms with Crippen molar-refractivity contribution in [1.29, 1.82) is 0 Å². The molecule has 0 fully saturated rings. The Kier molecular flexibility index (Phi) is 6.55. The molecule has 2 atom stereocenters. The molecule has 0 bridgehead atoms. The van der Waals surface area contributed by atoms with Crippen LogP contribution >= 0.6 is 0 Å². The zero-order valence-electron chi connectivity index (χ0n) is 15.8. The lowest BCUT2D eigenvalue weighted by Crippen LogP contribution is -2.48. The molecule has 152 valence electrons. The van der Waals surface area contributed by atoms with Crippen molar-refractivity contribution >= 4 is 33.5 Å². The van der Waals surface area contributed by atoms with Crippen molar-refractivity contribution in [2.75, 3.05) is 18.6 Å². The van der Waals surface area contributed by atoms with E-state index < -0.39 is 51.4 Å². The lowest BCUT2D eigenvalue weighted by Gasteiger charge is -2.25. The first-order valence-electron chi connectivity index (χ1n) is 8.69. The third-order valence-electron chi connectivity index (χ3n) is 4.18. The van der Waals surface area contributed by atoms with E-state index in [1.807, 2.05) is 0 Å². The Hall–Kier alpha value is -2.75. The summed E-state index contributed by atoms with van der Waals surface area (Å²) >= 11 is 0.